The Morgan fingerprint density at radius 2 is 2.00 bits per heavy atom. The van der Waals surface area contributed by atoms with Crippen molar-refractivity contribution in [2.45, 2.75) is 44.6 Å². The fourth-order valence-electron chi connectivity index (χ4n) is 2.27. The summed E-state index contributed by atoms with van der Waals surface area (Å²) in [6, 6.07) is 4.88. The minimum absolute atomic E-state index is 0.0909. The molecule has 1 unspecified atom stereocenters. The molecule has 1 atom stereocenters. The second-order valence-electron chi connectivity index (χ2n) is 5.90. The second-order valence-corrected chi connectivity index (χ2v) is 7.96. The van der Waals surface area contributed by atoms with E-state index in [1.165, 1.54) is 6.07 Å². The largest absolute Gasteiger partial charge is 0.329 e. The lowest BCUT2D eigenvalue weighted by Gasteiger charge is -2.31. The van der Waals surface area contributed by atoms with Crippen molar-refractivity contribution in [3.05, 3.63) is 28.8 Å². The van der Waals surface area contributed by atoms with E-state index in [0.29, 0.717) is 12.3 Å². The number of nitrogens with one attached hydrogen (secondary N) is 1. The van der Waals surface area contributed by atoms with Gasteiger partial charge in [-0.2, -0.15) is 0 Å². The molecule has 0 aromatic heterocycles. The third kappa shape index (κ3) is 4.45. The van der Waals surface area contributed by atoms with E-state index in [2.05, 4.69) is 4.72 Å². The molecule has 1 rings (SSSR count). The summed E-state index contributed by atoms with van der Waals surface area (Å²) in [5.41, 5.74) is 5.98. The Morgan fingerprint density at radius 1 is 1.40 bits per heavy atom. The molecule has 0 heterocycles. The summed E-state index contributed by atoms with van der Waals surface area (Å²) in [6.45, 7) is 7.96. The van der Waals surface area contributed by atoms with E-state index in [0.717, 1.165) is 5.56 Å². The van der Waals surface area contributed by atoms with Gasteiger partial charge in [0.15, 0.2) is 0 Å². The van der Waals surface area contributed by atoms with Crippen molar-refractivity contribution in [1.29, 1.82) is 0 Å². The van der Waals surface area contributed by atoms with Crippen molar-refractivity contribution in [2.75, 3.05) is 6.54 Å². The zero-order valence-electron chi connectivity index (χ0n) is 12.4. The molecule has 6 heteroatoms. The van der Waals surface area contributed by atoms with E-state index >= 15 is 0 Å². The molecule has 0 bridgehead atoms. The topological polar surface area (TPSA) is 72.2 Å². The molecule has 3 N–H and O–H groups in total. The molecular weight excluding hydrogens is 296 g/mol. The summed E-state index contributed by atoms with van der Waals surface area (Å²) in [7, 11) is -3.69. The highest BCUT2D eigenvalue weighted by Crippen LogP contribution is 2.25. The summed E-state index contributed by atoms with van der Waals surface area (Å²) in [6.07, 6.45) is 0.659. The molecule has 0 aliphatic heterocycles. The van der Waals surface area contributed by atoms with Gasteiger partial charge in [-0.15, -0.1) is 0 Å². The summed E-state index contributed by atoms with van der Waals surface area (Å²) >= 11 is 6.04. The maximum Gasteiger partial charge on any atom is 0.242 e. The maximum absolute atomic E-state index is 12.5. The molecule has 0 radical (unpaired) electrons. The van der Waals surface area contributed by atoms with Gasteiger partial charge in [-0.3, -0.25) is 0 Å². The van der Waals surface area contributed by atoms with Crippen LogP contribution in [0.3, 0.4) is 0 Å². The zero-order chi connectivity index (χ0) is 15.6. The van der Waals surface area contributed by atoms with Gasteiger partial charge in [0, 0.05) is 12.1 Å². The first-order chi connectivity index (χ1) is 9.09. The predicted molar refractivity (Wildman–Crippen MR) is 83.4 cm³/mol. The average molecular weight is 319 g/mol. The van der Waals surface area contributed by atoms with Crippen LogP contribution in [0.2, 0.25) is 5.02 Å². The number of sulfonamides is 1. The summed E-state index contributed by atoms with van der Waals surface area (Å²) in [5, 5.41) is 0.224. The molecule has 0 saturated heterocycles. The lowest BCUT2D eigenvalue weighted by atomic mass is 9.92. The fraction of sp³-hybridized carbons (Fsp3) is 0.571. The van der Waals surface area contributed by atoms with Gasteiger partial charge in [0.2, 0.25) is 10.0 Å². The number of rotatable bonds is 6. The number of aryl methyl sites for hydroxylation is 1. The van der Waals surface area contributed by atoms with Gasteiger partial charge in [0.05, 0.1) is 5.02 Å². The third-order valence-electron chi connectivity index (χ3n) is 3.07. The number of nitrogens with two attached hydrogens (primary N) is 1. The van der Waals surface area contributed by atoms with Gasteiger partial charge in [-0.25, -0.2) is 13.1 Å². The maximum atomic E-state index is 12.5. The van der Waals surface area contributed by atoms with Crippen molar-refractivity contribution in [3.8, 4) is 0 Å². The quantitative estimate of drug-likeness (QED) is 0.847. The van der Waals surface area contributed by atoms with Gasteiger partial charge in [-0.05, 0) is 43.9 Å². The van der Waals surface area contributed by atoms with Crippen LogP contribution in [0.15, 0.2) is 23.1 Å². The van der Waals surface area contributed by atoms with Crippen molar-refractivity contribution in [1.82, 2.24) is 4.72 Å². The number of hydrogen-bond donors (Lipinski definition) is 2. The fourth-order valence-corrected chi connectivity index (χ4v) is 4.30. The lowest BCUT2D eigenvalue weighted by molar-refractivity contribution is 0.344. The van der Waals surface area contributed by atoms with Crippen LogP contribution in [-0.4, -0.2) is 20.5 Å². The van der Waals surface area contributed by atoms with Crippen LogP contribution in [0.1, 0.15) is 32.8 Å². The minimum Gasteiger partial charge on any atom is -0.329 e. The van der Waals surface area contributed by atoms with Crippen LogP contribution in [-0.2, 0) is 10.0 Å². The first-order valence-electron chi connectivity index (χ1n) is 6.60. The average Bonchev–Trinajstić information content (AvgIpc) is 2.26. The number of benzene rings is 1. The SMILES string of the molecule is Cc1ccc(S(=O)(=O)NC(C)(CN)CC(C)C)c(Cl)c1. The highest BCUT2D eigenvalue weighted by Gasteiger charge is 2.31. The number of hydrogen-bond acceptors (Lipinski definition) is 3. The molecular formula is C14H23ClN2O2S. The van der Waals surface area contributed by atoms with E-state index in [-0.39, 0.29) is 16.5 Å². The Kier molecular flexibility index (Phi) is 5.61. The Balaban J connectivity index is 3.10. The first-order valence-corrected chi connectivity index (χ1v) is 8.46. The Bertz CT molecular complexity index is 573. The van der Waals surface area contributed by atoms with E-state index < -0.39 is 15.6 Å². The van der Waals surface area contributed by atoms with Gasteiger partial charge >= 0.3 is 0 Å². The first kappa shape index (κ1) is 17.4. The summed E-state index contributed by atoms with van der Waals surface area (Å²) in [4.78, 5) is 0.0909. The Hall–Kier alpha value is -0.620. The normalized spacial score (nSPS) is 15.3. The smallest absolute Gasteiger partial charge is 0.242 e. The van der Waals surface area contributed by atoms with Crippen LogP contribution in [0, 0.1) is 12.8 Å². The van der Waals surface area contributed by atoms with Crippen LogP contribution >= 0.6 is 11.6 Å². The molecule has 0 aliphatic carbocycles. The minimum atomic E-state index is -3.69. The third-order valence-corrected chi connectivity index (χ3v) is 5.19. The Morgan fingerprint density at radius 3 is 2.45 bits per heavy atom. The molecule has 114 valence electrons. The highest BCUT2D eigenvalue weighted by molar-refractivity contribution is 7.89. The monoisotopic (exact) mass is 318 g/mol. The Labute approximate surface area is 126 Å². The van der Waals surface area contributed by atoms with Gasteiger partial charge in [0.25, 0.3) is 0 Å². The van der Waals surface area contributed by atoms with E-state index in [1.54, 1.807) is 12.1 Å². The van der Waals surface area contributed by atoms with Gasteiger partial charge in [0.1, 0.15) is 4.90 Å². The highest BCUT2D eigenvalue weighted by atomic mass is 35.5. The van der Waals surface area contributed by atoms with Crippen molar-refractivity contribution in [3.63, 3.8) is 0 Å². The zero-order valence-corrected chi connectivity index (χ0v) is 14.0. The van der Waals surface area contributed by atoms with Gasteiger partial charge < -0.3 is 5.73 Å². The predicted octanol–water partition coefficient (Wildman–Crippen LogP) is 2.69. The van der Waals surface area contributed by atoms with Crippen molar-refractivity contribution < 1.29 is 8.42 Å². The van der Waals surface area contributed by atoms with E-state index in [9.17, 15) is 8.42 Å². The molecule has 0 fully saturated rings. The van der Waals surface area contributed by atoms with Crippen LogP contribution in [0.4, 0.5) is 0 Å². The second kappa shape index (κ2) is 6.43. The van der Waals surface area contributed by atoms with E-state index in [1.807, 2.05) is 27.7 Å². The number of halogens is 1. The van der Waals surface area contributed by atoms with E-state index in [4.69, 9.17) is 17.3 Å². The summed E-state index contributed by atoms with van der Waals surface area (Å²) < 4.78 is 27.6. The van der Waals surface area contributed by atoms with Crippen LogP contribution in [0.5, 0.6) is 0 Å². The summed E-state index contributed by atoms with van der Waals surface area (Å²) in [5.74, 6) is 0.333. The standard InChI is InChI=1S/C14H23ClN2O2S/c1-10(2)8-14(4,9-16)17-20(18,19)13-6-5-11(3)7-12(13)15/h5-7,10,17H,8-9,16H2,1-4H3. The van der Waals surface area contributed by atoms with Gasteiger partial charge in [-0.1, -0.05) is 31.5 Å². The molecule has 1 aromatic carbocycles. The molecule has 20 heavy (non-hydrogen) atoms. The molecule has 0 amide bonds. The lowest BCUT2D eigenvalue weighted by Crippen LogP contribution is -2.52. The van der Waals surface area contributed by atoms with Crippen molar-refractivity contribution in [2.24, 2.45) is 11.7 Å². The molecule has 0 spiro atoms. The van der Waals surface area contributed by atoms with Crippen LogP contribution < -0.4 is 10.5 Å². The molecule has 1 aromatic rings. The molecule has 0 saturated carbocycles. The van der Waals surface area contributed by atoms with Crippen molar-refractivity contribution >= 4 is 21.6 Å². The molecule has 4 nitrogen and oxygen atoms in total. The van der Waals surface area contributed by atoms with Crippen LogP contribution in [0.25, 0.3) is 0 Å². The molecule has 0 aliphatic rings.